The Balaban J connectivity index is 1.48. The van der Waals surface area contributed by atoms with Crippen LogP contribution in [0.5, 0.6) is 5.75 Å². The van der Waals surface area contributed by atoms with Gasteiger partial charge < -0.3 is 19.3 Å². The van der Waals surface area contributed by atoms with Gasteiger partial charge in [-0.1, -0.05) is 42.5 Å². The number of fused-ring (bicyclic) bond motifs is 1. The topological polar surface area (TPSA) is 76.2 Å². The van der Waals surface area contributed by atoms with E-state index in [0.717, 1.165) is 5.56 Å². The van der Waals surface area contributed by atoms with E-state index in [4.69, 9.17) is 9.47 Å². The molecule has 1 heterocycles. The predicted molar refractivity (Wildman–Crippen MR) is 107 cm³/mol. The lowest BCUT2D eigenvalue weighted by atomic mass is 10.2. The van der Waals surface area contributed by atoms with Gasteiger partial charge in [0, 0.05) is 19.6 Å². The molecule has 0 saturated heterocycles. The van der Waals surface area contributed by atoms with Gasteiger partial charge in [0.1, 0.15) is 5.75 Å². The summed E-state index contributed by atoms with van der Waals surface area (Å²) in [6.45, 7) is 2.66. The largest absolute Gasteiger partial charge is 0.482 e. The summed E-state index contributed by atoms with van der Waals surface area (Å²) >= 11 is 0. The normalized spacial score (nSPS) is 12.7. The Morgan fingerprint density at radius 2 is 1.83 bits per heavy atom. The number of rotatable bonds is 8. The van der Waals surface area contributed by atoms with Gasteiger partial charge in [0.2, 0.25) is 0 Å². The molecule has 0 aliphatic carbocycles. The van der Waals surface area contributed by atoms with Gasteiger partial charge in [0.25, 0.3) is 11.8 Å². The maximum atomic E-state index is 12.4. The second-order valence-corrected chi connectivity index (χ2v) is 6.61. The van der Waals surface area contributed by atoms with E-state index in [0.29, 0.717) is 24.5 Å². The van der Waals surface area contributed by atoms with Crippen LogP contribution in [0.4, 0.5) is 5.69 Å². The molecule has 7 heteroatoms. The highest BCUT2D eigenvalue weighted by molar-refractivity contribution is 5.98. The van der Waals surface area contributed by atoms with Gasteiger partial charge in [-0.3, -0.25) is 14.4 Å². The van der Waals surface area contributed by atoms with Crippen molar-refractivity contribution < 1.29 is 23.9 Å². The van der Waals surface area contributed by atoms with Crippen molar-refractivity contribution in [3.8, 4) is 5.75 Å². The Kier molecular flexibility index (Phi) is 6.84. The first-order valence-electron chi connectivity index (χ1n) is 9.58. The number of benzene rings is 2. The molecule has 0 fully saturated rings. The van der Waals surface area contributed by atoms with E-state index in [1.54, 1.807) is 23.1 Å². The molecule has 0 aromatic heterocycles. The van der Waals surface area contributed by atoms with Gasteiger partial charge in [-0.2, -0.15) is 0 Å². The van der Waals surface area contributed by atoms with Gasteiger partial charge >= 0.3 is 5.97 Å². The van der Waals surface area contributed by atoms with Crippen molar-refractivity contribution in [1.82, 2.24) is 4.90 Å². The summed E-state index contributed by atoms with van der Waals surface area (Å²) in [6, 6.07) is 16.8. The number of amides is 2. The van der Waals surface area contributed by atoms with Crippen LogP contribution in [0, 0.1) is 0 Å². The third-order valence-corrected chi connectivity index (χ3v) is 4.66. The number of anilines is 1. The minimum absolute atomic E-state index is 0.00182. The lowest BCUT2D eigenvalue weighted by Gasteiger charge is -2.29. The molecule has 0 N–H and O–H groups in total. The van der Waals surface area contributed by atoms with E-state index in [2.05, 4.69) is 0 Å². The zero-order valence-corrected chi connectivity index (χ0v) is 16.4. The van der Waals surface area contributed by atoms with Crippen LogP contribution in [0.1, 0.15) is 18.9 Å². The maximum Gasteiger partial charge on any atom is 0.308 e. The molecule has 7 nitrogen and oxygen atoms in total. The summed E-state index contributed by atoms with van der Waals surface area (Å²) in [4.78, 5) is 39.8. The Morgan fingerprint density at radius 3 is 2.59 bits per heavy atom. The van der Waals surface area contributed by atoms with Gasteiger partial charge in [0.15, 0.2) is 13.2 Å². The molecule has 1 aliphatic rings. The SMILES string of the molecule is CCN(Cc1ccccc1)C(=O)COC(=O)CCN1C(=O)COc2ccccc21. The minimum atomic E-state index is -0.522. The molecule has 2 aromatic carbocycles. The number of hydrogen-bond acceptors (Lipinski definition) is 5. The molecule has 0 spiro atoms. The van der Waals surface area contributed by atoms with Crippen molar-refractivity contribution in [3.63, 3.8) is 0 Å². The Morgan fingerprint density at radius 1 is 1.10 bits per heavy atom. The summed E-state index contributed by atoms with van der Waals surface area (Å²) in [7, 11) is 0. The second kappa shape index (κ2) is 9.73. The predicted octanol–water partition coefficient (Wildman–Crippen LogP) is 2.39. The quantitative estimate of drug-likeness (QED) is 0.641. The monoisotopic (exact) mass is 396 g/mol. The zero-order valence-electron chi connectivity index (χ0n) is 16.4. The maximum absolute atomic E-state index is 12.4. The molecule has 2 aromatic rings. The summed E-state index contributed by atoms with van der Waals surface area (Å²) in [5.74, 6) is -0.383. The van der Waals surface area contributed by atoms with Crippen LogP contribution in [0.3, 0.4) is 0 Å². The number of para-hydroxylation sites is 2. The smallest absolute Gasteiger partial charge is 0.308 e. The molecule has 3 rings (SSSR count). The average molecular weight is 396 g/mol. The summed E-state index contributed by atoms with van der Waals surface area (Å²) in [6.07, 6.45) is -0.00182. The first-order valence-corrected chi connectivity index (χ1v) is 9.58. The van der Waals surface area contributed by atoms with E-state index in [1.165, 1.54) is 4.90 Å². The van der Waals surface area contributed by atoms with Crippen LogP contribution in [0.15, 0.2) is 54.6 Å². The average Bonchev–Trinajstić information content (AvgIpc) is 2.75. The number of likely N-dealkylation sites (N-methyl/N-ethyl adjacent to an activating group) is 1. The van der Waals surface area contributed by atoms with Crippen molar-refractivity contribution in [2.24, 2.45) is 0 Å². The molecule has 0 atom stereocenters. The minimum Gasteiger partial charge on any atom is -0.482 e. The molecular formula is C22H24N2O5. The number of nitrogens with zero attached hydrogens (tertiary/aromatic N) is 2. The van der Waals surface area contributed by atoms with Crippen molar-refractivity contribution in [3.05, 3.63) is 60.2 Å². The van der Waals surface area contributed by atoms with Crippen LogP contribution in [0.2, 0.25) is 0 Å². The van der Waals surface area contributed by atoms with E-state index in [1.807, 2.05) is 43.3 Å². The molecule has 0 bridgehead atoms. The first-order chi connectivity index (χ1) is 14.1. The van der Waals surface area contributed by atoms with Crippen molar-refractivity contribution in [2.75, 3.05) is 31.2 Å². The lowest BCUT2D eigenvalue weighted by molar-refractivity contribution is -0.152. The van der Waals surface area contributed by atoms with Gasteiger partial charge in [-0.25, -0.2) is 0 Å². The number of ether oxygens (including phenoxy) is 2. The Bertz CT molecular complexity index is 869. The fourth-order valence-electron chi connectivity index (χ4n) is 3.09. The van der Waals surface area contributed by atoms with E-state index in [9.17, 15) is 14.4 Å². The van der Waals surface area contributed by atoms with Crippen molar-refractivity contribution >= 4 is 23.5 Å². The van der Waals surface area contributed by atoms with Gasteiger partial charge in [-0.05, 0) is 24.6 Å². The fourth-order valence-corrected chi connectivity index (χ4v) is 3.09. The highest BCUT2D eigenvalue weighted by Crippen LogP contribution is 2.31. The molecular weight excluding hydrogens is 372 g/mol. The summed E-state index contributed by atoms with van der Waals surface area (Å²) < 4.78 is 10.5. The van der Waals surface area contributed by atoms with Crippen LogP contribution in [-0.4, -0.2) is 49.0 Å². The van der Waals surface area contributed by atoms with Crippen LogP contribution >= 0.6 is 0 Å². The first kappa shape index (κ1) is 20.4. The number of carbonyl (C=O) groups excluding carboxylic acids is 3. The highest BCUT2D eigenvalue weighted by atomic mass is 16.5. The molecule has 1 aliphatic heterocycles. The standard InChI is InChI=1S/C22H24N2O5/c1-2-23(14-17-8-4-3-5-9-17)20(25)15-29-22(27)12-13-24-18-10-6-7-11-19(18)28-16-21(24)26/h3-11H,2,12-16H2,1H3. The Hall–Kier alpha value is -3.35. The van der Waals surface area contributed by atoms with E-state index in [-0.39, 0.29) is 38.0 Å². The van der Waals surface area contributed by atoms with Crippen LogP contribution in [-0.2, 0) is 25.7 Å². The zero-order chi connectivity index (χ0) is 20.6. The third kappa shape index (κ3) is 5.34. The summed E-state index contributed by atoms with van der Waals surface area (Å²) in [5.41, 5.74) is 1.64. The summed E-state index contributed by atoms with van der Waals surface area (Å²) in [5, 5.41) is 0. The molecule has 152 valence electrons. The highest BCUT2D eigenvalue weighted by Gasteiger charge is 2.25. The van der Waals surface area contributed by atoms with Crippen LogP contribution < -0.4 is 9.64 Å². The van der Waals surface area contributed by atoms with Crippen LogP contribution in [0.25, 0.3) is 0 Å². The number of hydrogen-bond donors (Lipinski definition) is 0. The number of esters is 1. The molecule has 2 amide bonds. The lowest BCUT2D eigenvalue weighted by Crippen LogP contribution is -2.40. The molecule has 29 heavy (non-hydrogen) atoms. The van der Waals surface area contributed by atoms with Gasteiger partial charge in [0.05, 0.1) is 12.1 Å². The third-order valence-electron chi connectivity index (χ3n) is 4.66. The molecule has 0 radical (unpaired) electrons. The van der Waals surface area contributed by atoms with Crippen molar-refractivity contribution in [1.29, 1.82) is 0 Å². The number of carbonyl (C=O) groups is 3. The van der Waals surface area contributed by atoms with E-state index < -0.39 is 5.97 Å². The van der Waals surface area contributed by atoms with Crippen molar-refractivity contribution in [2.45, 2.75) is 19.9 Å². The fraction of sp³-hybridized carbons (Fsp3) is 0.318. The molecule has 0 saturated carbocycles. The second-order valence-electron chi connectivity index (χ2n) is 6.61. The van der Waals surface area contributed by atoms with E-state index >= 15 is 0 Å². The van der Waals surface area contributed by atoms with Gasteiger partial charge in [-0.15, -0.1) is 0 Å². The Labute approximate surface area is 169 Å². The molecule has 0 unspecified atom stereocenters.